The number of hydrogen-bond acceptors (Lipinski definition) is 8. The predicted molar refractivity (Wildman–Crippen MR) is 154 cm³/mol. The second kappa shape index (κ2) is 15.8. The number of carbonyl (C=O) groups excluding carboxylic acids is 4. The number of piperidine rings is 1. The van der Waals surface area contributed by atoms with Crippen LogP contribution in [0.1, 0.15) is 57.6 Å². The fourth-order valence-electron chi connectivity index (χ4n) is 5.43. The lowest BCUT2D eigenvalue weighted by atomic mass is 9.91. The minimum Gasteiger partial charge on any atom is -0.475 e. The van der Waals surface area contributed by atoms with E-state index >= 15 is 0 Å². The maximum Gasteiger partial charge on any atom is 0.490 e. The highest BCUT2D eigenvalue weighted by Gasteiger charge is 2.41. The molecule has 254 valence electrons. The number of nitrogens with two attached hydrogens (primary N) is 1. The molecule has 2 saturated heterocycles. The van der Waals surface area contributed by atoms with Crippen molar-refractivity contribution >= 4 is 40.6 Å². The van der Waals surface area contributed by atoms with Crippen molar-refractivity contribution in [3.63, 3.8) is 0 Å². The fourth-order valence-corrected chi connectivity index (χ4v) is 5.43. The molecule has 2 fully saturated rings. The summed E-state index contributed by atoms with van der Waals surface area (Å²) in [7, 11) is 0. The molecule has 0 radical (unpaired) electrons. The number of amides is 4. The van der Waals surface area contributed by atoms with Gasteiger partial charge in [0.25, 0.3) is 0 Å². The van der Waals surface area contributed by atoms with Gasteiger partial charge in [0.15, 0.2) is 5.58 Å². The van der Waals surface area contributed by atoms with E-state index in [2.05, 4.69) is 15.8 Å². The summed E-state index contributed by atoms with van der Waals surface area (Å²) in [6.45, 7) is 4.78. The van der Waals surface area contributed by atoms with Crippen LogP contribution in [-0.4, -0.2) is 101 Å². The van der Waals surface area contributed by atoms with Gasteiger partial charge < -0.3 is 35.8 Å². The SMILES string of the molecule is CC[C@@H](C)[C@H](NC(=O)CNC(=O)CN)C(=O)N1CCC[C@H]1C(=O)N1CCC(c2noc3cc(F)ccc23)CC1.O=C(O)C(F)(F)F. The molecule has 2 aromatic rings. The number of hydrogen-bond donors (Lipinski definition) is 4. The number of aromatic nitrogens is 1. The van der Waals surface area contributed by atoms with Crippen LogP contribution in [0.15, 0.2) is 22.7 Å². The highest BCUT2D eigenvalue weighted by molar-refractivity contribution is 5.94. The maximum atomic E-state index is 13.6. The van der Waals surface area contributed by atoms with E-state index < -0.39 is 36.0 Å². The first-order valence-corrected chi connectivity index (χ1v) is 14.9. The van der Waals surface area contributed by atoms with Crippen LogP contribution in [0.25, 0.3) is 11.0 Å². The summed E-state index contributed by atoms with van der Waals surface area (Å²) in [6.07, 6.45) is -1.79. The number of halogens is 4. The van der Waals surface area contributed by atoms with Crippen LogP contribution in [0.2, 0.25) is 0 Å². The summed E-state index contributed by atoms with van der Waals surface area (Å²) in [5.74, 6) is -4.52. The van der Waals surface area contributed by atoms with Gasteiger partial charge >= 0.3 is 12.1 Å². The number of fused-ring (bicyclic) bond motifs is 1. The second-order valence-electron chi connectivity index (χ2n) is 11.2. The minimum atomic E-state index is -5.08. The molecule has 0 aliphatic carbocycles. The van der Waals surface area contributed by atoms with Gasteiger partial charge in [0.2, 0.25) is 23.6 Å². The lowest BCUT2D eigenvalue weighted by molar-refractivity contribution is -0.192. The largest absolute Gasteiger partial charge is 0.490 e. The number of alkyl halides is 3. The number of rotatable bonds is 9. The quantitative estimate of drug-likeness (QED) is 0.292. The van der Waals surface area contributed by atoms with Crippen LogP contribution in [0.3, 0.4) is 0 Å². The molecule has 3 heterocycles. The molecule has 2 aliphatic rings. The number of benzene rings is 1. The van der Waals surface area contributed by atoms with E-state index in [1.54, 1.807) is 15.9 Å². The molecule has 5 N–H and O–H groups in total. The molecule has 17 heteroatoms. The van der Waals surface area contributed by atoms with Crippen LogP contribution < -0.4 is 16.4 Å². The van der Waals surface area contributed by atoms with Gasteiger partial charge in [0.1, 0.15) is 17.9 Å². The Labute approximate surface area is 261 Å². The van der Waals surface area contributed by atoms with Gasteiger partial charge in [-0.05, 0) is 43.7 Å². The third kappa shape index (κ3) is 9.14. The van der Waals surface area contributed by atoms with Crippen molar-refractivity contribution in [2.75, 3.05) is 32.7 Å². The minimum absolute atomic E-state index is 0.0872. The zero-order chi connectivity index (χ0) is 34.2. The van der Waals surface area contributed by atoms with E-state index in [1.807, 2.05) is 13.8 Å². The third-order valence-electron chi connectivity index (χ3n) is 8.15. The highest BCUT2D eigenvalue weighted by Crippen LogP contribution is 2.34. The van der Waals surface area contributed by atoms with Gasteiger partial charge in [-0.25, -0.2) is 9.18 Å². The van der Waals surface area contributed by atoms with Crippen LogP contribution in [0, 0.1) is 11.7 Å². The smallest absolute Gasteiger partial charge is 0.475 e. The molecule has 13 nitrogen and oxygen atoms in total. The first kappa shape index (κ1) is 36.2. The molecule has 1 aromatic heterocycles. The van der Waals surface area contributed by atoms with E-state index in [0.29, 0.717) is 57.3 Å². The molecule has 4 rings (SSSR count). The number of aliphatic carboxylic acids is 1. The second-order valence-corrected chi connectivity index (χ2v) is 11.2. The average Bonchev–Trinajstić information content (AvgIpc) is 3.69. The Morgan fingerprint density at radius 1 is 1.11 bits per heavy atom. The molecule has 4 amide bonds. The van der Waals surface area contributed by atoms with E-state index in [1.165, 1.54) is 12.1 Å². The molecule has 2 aliphatic heterocycles. The average molecular weight is 659 g/mol. The number of carboxylic acid groups (broad SMARTS) is 1. The summed E-state index contributed by atoms with van der Waals surface area (Å²) in [5, 5.41) is 17.2. The molecule has 3 atom stereocenters. The third-order valence-corrected chi connectivity index (χ3v) is 8.15. The van der Waals surface area contributed by atoms with Crippen molar-refractivity contribution in [2.45, 2.75) is 70.1 Å². The van der Waals surface area contributed by atoms with Gasteiger partial charge in [-0.3, -0.25) is 19.2 Å². The summed E-state index contributed by atoms with van der Waals surface area (Å²) in [5.41, 5.74) is 6.46. The van der Waals surface area contributed by atoms with Crippen LogP contribution in [0.5, 0.6) is 0 Å². The Bertz CT molecular complexity index is 1410. The van der Waals surface area contributed by atoms with Gasteiger partial charge in [-0.2, -0.15) is 13.2 Å². The zero-order valence-electron chi connectivity index (χ0n) is 25.4. The summed E-state index contributed by atoms with van der Waals surface area (Å²) < 4.78 is 50.6. The molecular formula is C29H38F4N6O7. The first-order chi connectivity index (χ1) is 21.7. The lowest BCUT2D eigenvalue weighted by Gasteiger charge is -2.36. The van der Waals surface area contributed by atoms with Gasteiger partial charge in [-0.15, -0.1) is 0 Å². The van der Waals surface area contributed by atoms with E-state index in [-0.39, 0.29) is 42.6 Å². The van der Waals surface area contributed by atoms with Crippen LogP contribution >= 0.6 is 0 Å². The number of likely N-dealkylation sites (tertiary alicyclic amines) is 2. The van der Waals surface area contributed by atoms with Crippen molar-refractivity contribution in [1.29, 1.82) is 0 Å². The Hall–Kier alpha value is -4.28. The number of carbonyl (C=O) groups is 5. The molecular weight excluding hydrogens is 620 g/mol. The van der Waals surface area contributed by atoms with Crippen molar-refractivity contribution < 1.29 is 51.2 Å². The molecule has 0 unspecified atom stereocenters. The summed E-state index contributed by atoms with van der Waals surface area (Å²) >= 11 is 0. The topological polar surface area (TPSA) is 188 Å². The van der Waals surface area contributed by atoms with Crippen molar-refractivity contribution in [2.24, 2.45) is 11.7 Å². The number of nitrogens with one attached hydrogen (secondary N) is 2. The van der Waals surface area contributed by atoms with E-state index in [9.17, 15) is 36.7 Å². The van der Waals surface area contributed by atoms with Gasteiger partial charge in [0, 0.05) is 37.0 Å². The normalized spacial score (nSPS) is 18.4. The Morgan fingerprint density at radius 2 is 1.76 bits per heavy atom. The Kier molecular flexibility index (Phi) is 12.4. The van der Waals surface area contributed by atoms with Crippen molar-refractivity contribution in [1.82, 2.24) is 25.6 Å². The van der Waals surface area contributed by atoms with Gasteiger partial charge in [-0.1, -0.05) is 25.4 Å². The lowest BCUT2D eigenvalue weighted by Crippen LogP contribution is -2.57. The van der Waals surface area contributed by atoms with E-state index in [4.69, 9.17) is 20.2 Å². The predicted octanol–water partition coefficient (Wildman–Crippen LogP) is 1.90. The van der Waals surface area contributed by atoms with E-state index in [0.717, 1.165) is 11.1 Å². The van der Waals surface area contributed by atoms with Crippen LogP contribution in [-0.2, 0) is 24.0 Å². The molecule has 1 aromatic carbocycles. The molecule has 0 spiro atoms. The standard InChI is InChI=1S/C27H37FN6O5.C2HF3O2/c1-3-16(2)24(31-23(36)15-30-22(35)14-29)27(38)34-10-4-5-20(34)26(37)33-11-8-17(9-12-33)25-19-7-6-18(28)13-21(19)39-32-25;3-2(4,5)1(6)7/h6-7,13,16-17,20,24H,3-5,8-12,14-15,29H2,1-2H3,(H,30,35)(H,31,36);(H,6,7)/t16-,20+,24+;/m1./s1. The molecule has 0 bridgehead atoms. The monoisotopic (exact) mass is 658 g/mol. The van der Waals surface area contributed by atoms with Crippen molar-refractivity contribution in [3.05, 3.63) is 29.7 Å². The number of carboxylic acids is 1. The fraction of sp³-hybridized carbons (Fsp3) is 0.586. The Morgan fingerprint density at radius 3 is 2.35 bits per heavy atom. The highest BCUT2D eigenvalue weighted by atomic mass is 19.4. The van der Waals surface area contributed by atoms with Gasteiger partial charge in [0.05, 0.1) is 18.8 Å². The summed E-state index contributed by atoms with van der Waals surface area (Å²) in [6, 6.07) is 3.00. The maximum absolute atomic E-state index is 13.6. The molecule has 46 heavy (non-hydrogen) atoms. The molecule has 0 saturated carbocycles. The Balaban J connectivity index is 0.000000738. The van der Waals surface area contributed by atoms with Crippen LogP contribution in [0.4, 0.5) is 17.6 Å². The zero-order valence-corrected chi connectivity index (χ0v) is 25.4. The number of nitrogens with zero attached hydrogens (tertiary/aromatic N) is 3. The van der Waals surface area contributed by atoms with Crippen molar-refractivity contribution in [3.8, 4) is 0 Å². The first-order valence-electron chi connectivity index (χ1n) is 14.9. The summed E-state index contributed by atoms with van der Waals surface area (Å²) in [4.78, 5) is 63.3.